The number of carbonyl (C=O) groups excluding carboxylic acids is 1. The molecule has 0 amide bonds. The molecule has 0 aliphatic carbocycles. The smallest absolute Gasteiger partial charge is 0.321 e. The summed E-state index contributed by atoms with van der Waals surface area (Å²) in [5.74, 6) is -0.938. The van der Waals surface area contributed by atoms with Gasteiger partial charge in [-0.15, -0.1) is 0 Å². The van der Waals surface area contributed by atoms with Gasteiger partial charge in [0.05, 0.1) is 16.5 Å². The van der Waals surface area contributed by atoms with Crippen LogP contribution in [0.1, 0.15) is 17.3 Å². The average Bonchev–Trinajstić information content (AvgIpc) is 2.31. The Morgan fingerprint density at radius 2 is 2.18 bits per heavy atom. The molecule has 0 bridgehead atoms. The van der Waals surface area contributed by atoms with E-state index < -0.39 is 21.4 Å². The Balaban J connectivity index is 2.92. The number of alkyl halides is 2. The van der Waals surface area contributed by atoms with E-state index in [9.17, 15) is 9.18 Å². The highest BCUT2D eigenvalue weighted by molar-refractivity contribution is 9.12. The van der Waals surface area contributed by atoms with Crippen LogP contribution in [0.3, 0.4) is 0 Å². The lowest BCUT2D eigenvalue weighted by atomic mass is 10.1. The highest BCUT2D eigenvalue weighted by Gasteiger charge is 2.28. The minimum Gasteiger partial charge on any atom is -0.465 e. The second kappa shape index (κ2) is 6.71. The van der Waals surface area contributed by atoms with Crippen molar-refractivity contribution in [3.63, 3.8) is 0 Å². The van der Waals surface area contributed by atoms with E-state index in [1.54, 1.807) is 13.0 Å². The summed E-state index contributed by atoms with van der Waals surface area (Å²) in [4.78, 5) is 10.4. The van der Waals surface area contributed by atoms with Crippen molar-refractivity contribution in [3.8, 4) is 0 Å². The first-order valence-electron chi connectivity index (χ1n) is 4.87. The number of carbonyl (C=O) groups is 1. The Morgan fingerprint density at radius 3 is 2.76 bits per heavy atom. The fraction of sp³-hybridized carbons (Fsp3) is 0.364. The van der Waals surface area contributed by atoms with Crippen LogP contribution in [0.25, 0.3) is 0 Å². The molecule has 0 N–H and O–H groups in total. The molecule has 0 saturated heterocycles. The van der Waals surface area contributed by atoms with Crippen LogP contribution in [0.2, 0.25) is 5.02 Å². The van der Waals surface area contributed by atoms with Gasteiger partial charge in [0.25, 0.3) is 0 Å². The van der Waals surface area contributed by atoms with E-state index in [0.29, 0.717) is 5.56 Å². The average molecular weight is 388 g/mol. The fourth-order valence-corrected chi connectivity index (χ4v) is 2.62. The normalized spacial score (nSPS) is 14.2. The monoisotopic (exact) mass is 386 g/mol. The van der Waals surface area contributed by atoms with E-state index in [-0.39, 0.29) is 11.6 Å². The Kier molecular flexibility index (Phi) is 5.89. The Morgan fingerprint density at radius 1 is 1.53 bits per heavy atom. The first-order chi connectivity index (χ1) is 7.99. The van der Waals surface area contributed by atoms with Crippen LogP contribution >= 0.6 is 43.5 Å². The van der Waals surface area contributed by atoms with Gasteiger partial charge in [-0.25, -0.2) is 4.39 Å². The first kappa shape index (κ1) is 14.9. The van der Waals surface area contributed by atoms with Crippen molar-refractivity contribution in [2.45, 2.75) is 16.6 Å². The third-order valence-corrected chi connectivity index (χ3v) is 5.08. The summed E-state index contributed by atoms with van der Waals surface area (Å²) in [5, 5.41) is 0.00289. The van der Waals surface area contributed by atoms with Crippen LogP contribution in [-0.2, 0) is 9.53 Å². The summed E-state index contributed by atoms with van der Waals surface area (Å²) in [6, 6.07) is 4.45. The number of hydrogen-bond acceptors (Lipinski definition) is 2. The van der Waals surface area contributed by atoms with Gasteiger partial charge in [-0.1, -0.05) is 55.6 Å². The number of halogens is 4. The Labute approximate surface area is 121 Å². The van der Waals surface area contributed by atoms with Gasteiger partial charge in [-0.3, -0.25) is 4.79 Å². The number of esters is 1. The summed E-state index contributed by atoms with van der Waals surface area (Å²) in [6.07, 6.45) is 0. The van der Waals surface area contributed by atoms with Crippen molar-refractivity contribution in [2.75, 3.05) is 6.61 Å². The number of hydrogen-bond donors (Lipinski definition) is 0. The number of rotatable bonds is 4. The quantitative estimate of drug-likeness (QED) is 0.570. The summed E-state index contributed by atoms with van der Waals surface area (Å²) in [7, 11) is 0. The predicted molar refractivity (Wildman–Crippen MR) is 72.4 cm³/mol. The minimum absolute atomic E-state index is 0.00289. The standard InChI is InChI=1S/C11H10Br2ClFO2/c1-2-17-11(16)9(13)8(12)6-4-3-5-7(15)10(6)14/h3-5,8-9H,2H2,1H3. The Bertz CT molecular complexity index is 414. The van der Waals surface area contributed by atoms with Gasteiger partial charge in [-0.05, 0) is 18.6 Å². The first-order valence-corrected chi connectivity index (χ1v) is 7.08. The van der Waals surface area contributed by atoms with Gasteiger partial charge in [0.2, 0.25) is 0 Å². The van der Waals surface area contributed by atoms with Gasteiger partial charge >= 0.3 is 5.97 Å². The molecule has 0 heterocycles. The second-order valence-electron chi connectivity index (χ2n) is 3.20. The molecule has 0 aliphatic rings. The zero-order valence-electron chi connectivity index (χ0n) is 8.92. The molecule has 94 valence electrons. The third-order valence-electron chi connectivity index (χ3n) is 2.05. The SMILES string of the molecule is CCOC(=O)C(Br)C(Br)c1cccc(F)c1Cl. The molecule has 0 spiro atoms. The van der Waals surface area contributed by atoms with Crippen molar-refractivity contribution in [1.82, 2.24) is 0 Å². The largest absolute Gasteiger partial charge is 0.465 e. The lowest BCUT2D eigenvalue weighted by Crippen LogP contribution is -2.22. The summed E-state index contributed by atoms with van der Waals surface area (Å²) in [5.41, 5.74) is 0.501. The lowest BCUT2D eigenvalue weighted by molar-refractivity contribution is -0.142. The van der Waals surface area contributed by atoms with Crippen molar-refractivity contribution in [1.29, 1.82) is 0 Å². The maximum atomic E-state index is 13.3. The van der Waals surface area contributed by atoms with Crippen LogP contribution in [-0.4, -0.2) is 17.4 Å². The third kappa shape index (κ3) is 3.66. The van der Waals surface area contributed by atoms with E-state index in [0.717, 1.165) is 0 Å². The van der Waals surface area contributed by atoms with E-state index in [1.807, 2.05) is 0 Å². The molecular formula is C11H10Br2ClFO2. The predicted octanol–water partition coefficient (Wildman–Crippen LogP) is 4.24. The van der Waals surface area contributed by atoms with Crippen LogP contribution in [0, 0.1) is 5.82 Å². The summed E-state index contributed by atoms with van der Waals surface area (Å²) in [6.45, 7) is 2.01. The van der Waals surface area contributed by atoms with Gasteiger partial charge in [-0.2, -0.15) is 0 Å². The molecule has 0 fully saturated rings. The molecule has 6 heteroatoms. The van der Waals surface area contributed by atoms with E-state index in [1.165, 1.54) is 12.1 Å². The maximum Gasteiger partial charge on any atom is 0.321 e. The molecule has 2 atom stereocenters. The maximum absolute atomic E-state index is 13.3. The van der Waals surface area contributed by atoms with Crippen molar-refractivity contribution in [2.24, 2.45) is 0 Å². The van der Waals surface area contributed by atoms with Crippen LogP contribution < -0.4 is 0 Å². The zero-order chi connectivity index (χ0) is 13.0. The molecule has 2 nitrogen and oxygen atoms in total. The molecule has 0 aliphatic heterocycles. The minimum atomic E-state index is -0.623. The van der Waals surface area contributed by atoms with E-state index in [4.69, 9.17) is 16.3 Å². The molecule has 0 aromatic heterocycles. The molecule has 0 saturated carbocycles. The van der Waals surface area contributed by atoms with E-state index >= 15 is 0 Å². The molecule has 1 aromatic rings. The number of ether oxygens (including phenoxy) is 1. The van der Waals surface area contributed by atoms with Crippen molar-refractivity contribution >= 4 is 49.4 Å². The van der Waals surface area contributed by atoms with Crippen LogP contribution in [0.5, 0.6) is 0 Å². The Hall–Kier alpha value is -0.130. The van der Waals surface area contributed by atoms with Crippen LogP contribution in [0.15, 0.2) is 18.2 Å². The van der Waals surface area contributed by atoms with Crippen LogP contribution in [0.4, 0.5) is 4.39 Å². The lowest BCUT2D eigenvalue weighted by Gasteiger charge is -2.17. The molecule has 0 radical (unpaired) electrons. The summed E-state index contributed by atoms with van der Waals surface area (Å²) >= 11 is 12.3. The zero-order valence-corrected chi connectivity index (χ0v) is 12.9. The van der Waals surface area contributed by atoms with Gasteiger partial charge < -0.3 is 4.74 Å². The fourth-order valence-electron chi connectivity index (χ4n) is 1.23. The van der Waals surface area contributed by atoms with Gasteiger partial charge in [0, 0.05) is 0 Å². The van der Waals surface area contributed by atoms with Crippen molar-refractivity contribution in [3.05, 3.63) is 34.6 Å². The van der Waals surface area contributed by atoms with E-state index in [2.05, 4.69) is 31.9 Å². The molecular weight excluding hydrogens is 378 g/mol. The molecule has 2 unspecified atom stereocenters. The second-order valence-corrected chi connectivity index (χ2v) is 5.55. The molecule has 17 heavy (non-hydrogen) atoms. The number of benzene rings is 1. The van der Waals surface area contributed by atoms with Crippen molar-refractivity contribution < 1.29 is 13.9 Å². The highest BCUT2D eigenvalue weighted by Crippen LogP contribution is 2.36. The topological polar surface area (TPSA) is 26.3 Å². The molecule has 1 rings (SSSR count). The highest BCUT2D eigenvalue weighted by atomic mass is 79.9. The summed E-state index contributed by atoms with van der Waals surface area (Å²) < 4.78 is 18.1. The van der Waals surface area contributed by atoms with Gasteiger partial charge in [0.15, 0.2) is 0 Å². The van der Waals surface area contributed by atoms with Gasteiger partial charge in [0.1, 0.15) is 10.6 Å². The molecule has 1 aromatic carbocycles.